The molecule has 6 rings (SSSR count). The Morgan fingerprint density at radius 3 is 2.42 bits per heavy atom. The second kappa shape index (κ2) is 13.4. The van der Waals surface area contributed by atoms with Crippen LogP contribution in [0, 0.1) is 0 Å². The molecular formula is C35H40N6O4. The molecular weight excluding hydrogens is 568 g/mol. The summed E-state index contributed by atoms with van der Waals surface area (Å²) in [5.41, 5.74) is 3.96. The number of hydrogen-bond donors (Lipinski definition) is 2. The molecule has 4 amide bonds. The lowest BCUT2D eigenvalue weighted by Gasteiger charge is -2.46. The van der Waals surface area contributed by atoms with Crippen LogP contribution in [-0.4, -0.2) is 87.7 Å². The van der Waals surface area contributed by atoms with Crippen molar-refractivity contribution in [2.24, 2.45) is 0 Å². The number of hydrogen-bond acceptors (Lipinski definition) is 6. The SMILES string of the molecule is C=CCN(C(=O)NCc1ccccc1)N1CC(=O)N2[C@@H](Cc3ccc(O)cc3)C(=O)N(Cc3cccc(N4CCCC4)c3)C[C@@H]21. The van der Waals surface area contributed by atoms with Crippen molar-refractivity contribution in [1.82, 2.24) is 25.1 Å². The highest BCUT2D eigenvalue weighted by Gasteiger charge is 2.52. The van der Waals surface area contributed by atoms with Crippen molar-refractivity contribution < 1.29 is 19.5 Å². The van der Waals surface area contributed by atoms with Gasteiger partial charge in [-0.05, 0) is 53.8 Å². The Balaban J connectivity index is 1.28. The third-order valence-corrected chi connectivity index (χ3v) is 8.82. The molecule has 3 saturated heterocycles. The average Bonchev–Trinajstić information content (AvgIpc) is 3.71. The minimum Gasteiger partial charge on any atom is -0.508 e. The van der Waals surface area contributed by atoms with Crippen LogP contribution in [-0.2, 0) is 29.1 Å². The van der Waals surface area contributed by atoms with Crippen LogP contribution >= 0.6 is 0 Å². The molecule has 0 saturated carbocycles. The van der Waals surface area contributed by atoms with Crippen molar-refractivity contribution in [3.05, 3.63) is 108 Å². The highest BCUT2D eigenvalue weighted by molar-refractivity contribution is 5.92. The van der Waals surface area contributed by atoms with Gasteiger partial charge in [-0.15, -0.1) is 6.58 Å². The van der Waals surface area contributed by atoms with Gasteiger partial charge in [0.1, 0.15) is 18.0 Å². The molecule has 2 N–H and O–H groups in total. The summed E-state index contributed by atoms with van der Waals surface area (Å²) in [7, 11) is 0. The lowest BCUT2D eigenvalue weighted by atomic mass is 9.99. The lowest BCUT2D eigenvalue weighted by Crippen LogP contribution is -2.66. The number of phenolic OH excluding ortho intramolecular Hbond substituents is 1. The quantitative estimate of drug-likeness (QED) is 0.341. The largest absolute Gasteiger partial charge is 0.508 e. The topological polar surface area (TPSA) is 99.7 Å². The number of nitrogens with zero attached hydrogens (tertiary/aromatic N) is 5. The van der Waals surface area contributed by atoms with Gasteiger partial charge in [-0.1, -0.05) is 60.7 Å². The van der Waals surface area contributed by atoms with E-state index in [4.69, 9.17) is 0 Å². The van der Waals surface area contributed by atoms with Crippen LogP contribution in [0.15, 0.2) is 91.5 Å². The molecule has 0 radical (unpaired) electrons. The number of amides is 4. The van der Waals surface area contributed by atoms with Crippen LogP contribution in [0.4, 0.5) is 10.5 Å². The molecule has 3 aliphatic rings. The number of urea groups is 1. The molecule has 3 heterocycles. The first-order valence-electron chi connectivity index (χ1n) is 15.6. The molecule has 3 aliphatic heterocycles. The maximum Gasteiger partial charge on any atom is 0.332 e. The summed E-state index contributed by atoms with van der Waals surface area (Å²) in [6.45, 7) is 7.07. The summed E-state index contributed by atoms with van der Waals surface area (Å²) < 4.78 is 0. The molecule has 10 heteroatoms. The molecule has 3 fully saturated rings. The number of nitrogens with one attached hydrogen (secondary N) is 1. The predicted molar refractivity (Wildman–Crippen MR) is 172 cm³/mol. The first kappa shape index (κ1) is 30.2. The fourth-order valence-electron chi connectivity index (χ4n) is 6.58. The van der Waals surface area contributed by atoms with Crippen LogP contribution in [0.1, 0.15) is 29.5 Å². The van der Waals surface area contributed by atoms with E-state index in [0.717, 1.165) is 35.5 Å². The molecule has 10 nitrogen and oxygen atoms in total. The number of fused-ring (bicyclic) bond motifs is 1. The average molecular weight is 609 g/mol. The Morgan fingerprint density at radius 1 is 0.956 bits per heavy atom. The third-order valence-electron chi connectivity index (χ3n) is 8.82. The zero-order chi connectivity index (χ0) is 31.3. The van der Waals surface area contributed by atoms with Crippen LogP contribution in [0.3, 0.4) is 0 Å². The van der Waals surface area contributed by atoms with Gasteiger partial charge in [0.15, 0.2) is 0 Å². The van der Waals surface area contributed by atoms with E-state index in [-0.39, 0.29) is 43.2 Å². The highest BCUT2D eigenvalue weighted by atomic mass is 16.3. The van der Waals surface area contributed by atoms with E-state index in [1.54, 1.807) is 40.3 Å². The number of benzene rings is 3. The van der Waals surface area contributed by atoms with Crippen molar-refractivity contribution in [2.45, 2.75) is 44.6 Å². The molecule has 0 bridgehead atoms. The van der Waals surface area contributed by atoms with E-state index in [1.807, 2.05) is 47.4 Å². The standard InChI is InChI=1S/C35H40N6O4/c1-2-17-39(35(45)36-22-27-9-4-3-5-10-27)40-25-33(43)41-31(21-26-13-15-30(42)16-14-26)34(44)38(24-32(40)41)23-28-11-8-12-29(20-28)37-18-6-7-19-37/h2-5,8-16,20,31-32,42H,1,6-7,17-19,21-25H2,(H,36,45)/t31-,32+/m0/s1. The summed E-state index contributed by atoms with van der Waals surface area (Å²) in [4.78, 5) is 47.2. The summed E-state index contributed by atoms with van der Waals surface area (Å²) in [5.74, 6) is -0.209. The highest BCUT2D eigenvalue weighted by Crippen LogP contribution is 2.31. The van der Waals surface area contributed by atoms with Crippen molar-refractivity contribution in [2.75, 3.05) is 37.6 Å². The summed E-state index contributed by atoms with van der Waals surface area (Å²) >= 11 is 0. The van der Waals surface area contributed by atoms with Crippen molar-refractivity contribution in [1.29, 1.82) is 0 Å². The van der Waals surface area contributed by atoms with Crippen LogP contribution in [0.2, 0.25) is 0 Å². The van der Waals surface area contributed by atoms with Crippen molar-refractivity contribution in [3.63, 3.8) is 0 Å². The number of carbonyl (C=O) groups is 3. The van der Waals surface area contributed by atoms with Crippen molar-refractivity contribution in [3.8, 4) is 5.75 Å². The van der Waals surface area contributed by atoms with Crippen molar-refractivity contribution >= 4 is 23.5 Å². The number of piperazine rings is 1. The number of anilines is 1. The van der Waals surface area contributed by atoms with Gasteiger partial charge in [0.05, 0.1) is 19.6 Å². The molecule has 234 valence electrons. The van der Waals surface area contributed by atoms with Crippen LogP contribution < -0.4 is 10.2 Å². The zero-order valence-corrected chi connectivity index (χ0v) is 25.4. The number of hydrazine groups is 1. The maximum atomic E-state index is 14.2. The van der Waals surface area contributed by atoms with Gasteiger partial charge in [-0.25, -0.2) is 4.79 Å². The van der Waals surface area contributed by atoms with Gasteiger partial charge < -0.3 is 25.1 Å². The smallest absolute Gasteiger partial charge is 0.332 e. The fraction of sp³-hybridized carbons (Fsp3) is 0.343. The van der Waals surface area contributed by atoms with Gasteiger partial charge in [-0.3, -0.25) is 14.6 Å². The van der Waals surface area contributed by atoms with E-state index in [1.165, 1.54) is 17.9 Å². The first-order chi connectivity index (χ1) is 21.9. The maximum absolute atomic E-state index is 14.2. The van der Waals surface area contributed by atoms with Gasteiger partial charge in [0.2, 0.25) is 11.8 Å². The second-order valence-corrected chi connectivity index (χ2v) is 11.9. The minimum atomic E-state index is -0.759. The normalized spacial score (nSPS) is 20.0. The van der Waals surface area contributed by atoms with Gasteiger partial charge in [0, 0.05) is 38.3 Å². The number of rotatable bonds is 10. The molecule has 0 aromatic heterocycles. The van der Waals surface area contributed by atoms with Gasteiger partial charge in [-0.2, -0.15) is 5.01 Å². The lowest BCUT2D eigenvalue weighted by molar-refractivity contribution is -0.157. The fourth-order valence-corrected chi connectivity index (χ4v) is 6.58. The monoisotopic (exact) mass is 608 g/mol. The Labute approximate surface area is 264 Å². The first-order valence-corrected chi connectivity index (χ1v) is 15.6. The predicted octanol–water partition coefficient (Wildman–Crippen LogP) is 3.73. The Bertz CT molecular complexity index is 1520. The molecule has 0 aliphatic carbocycles. The Morgan fingerprint density at radius 2 is 1.69 bits per heavy atom. The zero-order valence-electron chi connectivity index (χ0n) is 25.4. The van der Waals surface area contributed by atoms with Gasteiger partial charge in [0.25, 0.3) is 0 Å². The molecule has 45 heavy (non-hydrogen) atoms. The summed E-state index contributed by atoms with van der Waals surface area (Å²) in [5, 5.41) is 16.1. The van der Waals surface area contributed by atoms with E-state index < -0.39 is 12.2 Å². The molecule has 2 atom stereocenters. The number of carbonyl (C=O) groups excluding carboxylic acids is 3. The molecule has 0 unspecified atom stereocenters. The molecule has 0 spiro atoms. The Kier molecular flexibility index (Phi) is 9.02. The number of aromatic hydroxyl groups is 1. The van der Waals surface area contributed by atoms with E-state index in [9.17, 15) is 19.5 Å². The minimum absolute atomic E-state index is 0.0328. The van der Waals surface area contributed by atoms with Crippen LogP contribution in [0.5, 0.6) is 5.75 Å². The third kappa shape index (κ3) is 6.66. The van der Waals surface area contributed by atoms with E-state index >= 15 is 0 Å². The van der Waals surface area contributed by atoms with Gasteiger partial charge >= 0.3 is 6.03 Å². The number of phenols is 1. The summed E-state index contributed by atoms with van der Waals surface area (Å²) in [6, 6.07) is 23.6. The summed E-state index contributed by atoms with van der Waals surface area (Å²) in [6.07, 6.45) is 3.74. The van der Waals surface area contributed by atoms with Crippen LogP contribution in [0.25, 0.3) is 0 Å². The Hall–Kier alpha value is -4.83. The van der Waals surface area contributed by atoms with E-state index in [2.05, 4.69) is 28.9 Å². The molecule has 3 aromatic carbocycles. The molecule has 3 aromatic rings. The van der Waals surface area contributed by atoms with E-state index in [0.29, 0.717) is 19.5 Å². The second-order valence-electron chi connectivity index (χ2n) is 11.9.